The van der Waals surface area contributed by atoms with E-state index in [2.05, 4.69) is 107 Å². The maximum Gasteiger partial charge on any atom is 0.0602 e. The van der Waals surface area contributed by atoms with Crippen molar-refractivity contribution in [2.45, 2.75) is 51.7 Å². The first-order valence-corrected chi connectivity index (χ1v) is 13.2. The Labute approximate surface area is 206 Å². The first-order chi connectivity index (χ1) is 16.8. The lowest BCUT2D eigenvalue weighted by atomic mass is 9.91. The summed E-state index contributed by atoms with van der Waals surface area (Å²) >= 11 is 0. The summed E-state index contributed by atoms with van der Waals surface area (Å²) in [4.78, 5) is 7.94. The summed E-state index contributed by atoms with van der Waals surface area (Å²) in [6, 6.07) is 30.3. The molecular formula is C31H39N3. The van der Waals surface area contributed by atoms with Crippen LogP contribution in [0.5, 0.6) is 0 Å². The van der Waals surface area contributed by atoms with Crippen molar-refractivity contribution in [3.8, 4) is 0 Å². The van der Waals surface area contributed by atoms with Crippen LogP contribution in [0, 0.1) is 0 Å². The van der Waals surface area contributed by atoms with Gasteiger partial charge in [0.1, 0.15) is 0 Å². The highest BCUT2D eigenvalue weighted by Gasteiger charge is 2.38. The Kier molecular flexibility index (Phi) is 7.32. The van der Waals surface area contributed by atoms with Gasteiger partial charge in [0.05, 0.1) is 6.04 Å². The summed E-state index contributed by atoms with van der Waals surface area (Å²) in [6.45, 7) is 11.4. The number of anilines is 1. The van der Waals surface area contributed by atoms with E-state index in [0.29, 0.717) is 12.1 Å². The zero-order chi connectivity index (χ0) is 23.3. The van der Waals surface area contributed by atoms with Crippen LogP contribution in [0.15, 0.2) is 78.9 Å². The summed E-state index contributed by atoms with van der Waals surface area (Å²) < 4.78 is 0. The Bertz CT molecular complexity index is 997. The minimum Gasteiger partial charge on any atom is -0.372 e. The standard InChI is InChI=1S/C31H39N3/c1-3-18-32(19-4-2)29-16-15-28-22-33(20-17-27(28)21-29)30-23-34(24-30)31(25-11-7-5-8-12-25)26-13-9-6-10-14-26/h5-16,21,30-31H,3-4,17-20,22-24H2,1-2H3. The van der Waals surface area contributed by atoms with Crippen molar-refractivity contribution >= 4 is 5.69 Å². The van der Waals surface area contributed by atoms with E-state index in [1.165, 1.54) is 48.2 Å². The normalized spacial score (nSPS) is 16.9. The Morgan fingerprint density at radius 3 is 2.00 bits per heavy atom. The Morgan fingerprint density at radius 2 is 1.41 bits per heavy atom. The van der Waals surface area contributed by atoms with Gasteiger partial charge in [-0.05, 0) is 53.6 Å². The average molecular weight is 454 g/mol. The van der Waals surface area contributed by atoms with Gasteiger partial charge < -0.3 is 4.90 Å². The molecule has 0 bridgehead atoms. The predicted octanol–water partition coefficient (Wildman–Crippen LogP) is 6.14. The Morgan fingerprint density at radius 1 is 0.794 bits per heavy atom. The topological polar surface area (TPSA) is 9.72 Å². The van der Waals surface area contributed by atoms with E-state index >= 15 is 0 Å². The third-order valence-corrected chi connectivity index (χ3v) is 7.59. The van der Waals surface area contributed by atoms with E-state index in [1.807, 2.05) is 0 Å². The second-order valence-electron chi connectivity index (χ2n) is 9.99. The molecule has 0 aromatic heterocycles. The summed E-state index contributed by atoms with van der Waals surface area (Å²) in [5, 5.41) is 0. The van der Waals surface area contributed by atoms with Gasteiger partial charge >= 0.3 is 0 Å². The smallest absolute Gasteiger partial charge is 0.0602 e. The number of hydrogen-bond donors (Lipinski definition) is 0. The molecule has 0 N–H and O–H groups in total. The molecule has 2 heterocycles. The van der Waals surface area contributed by atoms with Crippen LogP contribution in [0.25, 0.3) is 0 Å². The average Bonchev–Trinajstić information content (AvgIpc) is 2.86. The maximum atomic E-state index is 2.72. The van der Waals surface area contributed by atoms with Gasteiger partial charge in [-0.1, -0.05) is 80.6 Å². The fraction of sp³-hybridized carbons (Fsp3) is 0.419. The molecule has 2 aliphatic rings. The number of benzene rings is 3. The molecule has 3 aromatic rings. The van der Waals surface area contributed by atoms with Crippen LogP contribution in [0.2, 0.25) is 0 Å². The van der Waals surface area contributed by atoms with E-state index in [-0.39, 0.29) is 0 Å². The lowest BCUT2D eigenvalue weighted by Crippen LogP contribution is -2.60. The molecule has 3 aromatic carbocycles. The van der Waals surface area contributed by atoms with Crippen LogP contribution in [0.1, 0.15) is 55.0 Å². The molecule has 5 rings (SSSR count). The van der Waals surface area contributed by atoms with Gasteiger partial charge in [-0.15, -0.1) is 0 Å². The van der Waals surface area contributed by atoms with Crippen molar-refractivity contribution in [1.29, 1.82) is 0 Å². The Balaban J connectivity index is 1.25. The lowest BCUT2D eigenvalue weighted by Gasteiger charge is -2.50. The fourth-order valence-corrected chi connectivity index (χ4v) is 5.79. The van der Waals surface area contributed by atoms with Crippen LogP contribution in [0.4, 0.5) is 5.69 Å². The molecule has 0 unspecified atom stereocenters. The summed E-state index contributed by atoms with van der Waals surface area (Å²) in [7, 11) is 0. The highest BCUT2D eigenvalue weighted by atomic mass is 15.3. The molecule has 0 radical (unpaired) electrons. The van der Waals surface area contributed by atoms with Crippen molar-refractivity contribution in [2.24, 2.45) is 0 Å². The second kappa shape index (κ2) is 10.8. The highest BCUT2D eigenvalue weighted by molar-refractivity contribution is 5.52. The number of nitrogens with zero attached hydrogens (tertiary/aromatic N) is 3. The molecular weight excluding hydrogens is 414 g/mol. The van der Waals surface area contributed by atoms with E-state index in [4.69, 9.17) is 0 Å². The predicted molar refractivity (Wildman–Crippen MR) is 143 cm³/mol. The first kappa shape index (κ1) is 23.1. The summed E-state index contributed by atoms with van der Waals surface area (Å²) in [5.41, 5.74) is 7.30. The molecule has 178 valence electrons. The summed E-state index contributed by atoms with van der Waals surface area (Å²) in [5.74, 6) is 0. The number of rotatable bonds is 9. The lowest BCUT2D eigenvalue weighted by molar-refractivity contribution is 0.00728. The van der Waals surface area contributed by atoms with E-state index in [0.717, 1.165) is 32.7 Å². The van der Waals surface area contributed by atoms with Gasteiger partial charge in [-0.25, -0.2) is 0 Å². The van der Waals surface area contributed by atoms with E-state index < -0.39 is 0 Å². The number of likely N-dealkylation sites (tertiary alicyclic amines) is 1. The van der Waals surface area contributed by atoms with Gasteiger partial charge in [0.15, 0.2) is 0 Å². The van der Waals surface area contributed by atoms with Crippen LogP contribution >= 0.6 is 0 Å². The molecule has 34 heavy (non-hydrogen) atoms. The molecule has 0 amide bonds. The van der Waals surface area contributed by atoms with Crippen molar-refractivity contribution in [2.75, 3.05) is 37.6 Å². The molecule has 1 saturated heterocycles. The van der Waals surface area contributed by atoms with Gasteiger partial charge in [-0.3, -0.25) is 9.80 Å². The molecule has 3 nitrogen and oxygen atoms in total. The quantitative estimate of drug-likeness (QED) is 0.385. The molecule has 2 aliphatic heterocycles. The van der Waals surface area contributed by atoms with E-state index in [1.54, 1.807) is 5.56 Å². The highest BCUT2D eigenvalue weighted by Crippen LogP contribution is 2.35. The summed E-state index contributed by atoms with van der Waals surface area (Å²) in [6.07, 6.45) is 3.58. The van der Waals surface area contributed by atoms with Gasteiger partial charge in [-0.2, -0.15) is 0 Å². The third kappa shape index (κ3) is 4.92. The maximum absolute atomic E-state index is 2.72. The third-order valence-electron chi connectivity index (χ3n) is 7.59. The first-order valence-electron chi connectivity index (χ1n) is 13.2. The van der Waals surface area contributed by atoms with Gasteiger partial charge in [0.25, 0.3) is 0 Å². The zero-order valence-corrected chi connectivity index (χ0v) is 20.9. The second-order valence-corrected chi connectivity index (χ2v) is 9.99. The van der Waals surface area contributed by atoms with Crippen LogP contribution in [-0.2, 0) is 13.0 Å². The van der Waals surface area contributed by atoms with Crippen molar-refractivity contribution < 1.29 is 0 Å². The van der Waals surface area contributed by atoms with Gasteiger partial charge in [0, 0.05) is 51.0 Å². The van der Waals surface area contributed by atoms with Crippen molar-refractivity contribution in [3.05, 3.63) is 101 Å². The van der Waals surface area contributed by atoms with Crippen LogP contribution in [-0.4, -0.2) is 48.6 Å². The molecule has 0 atom stereocenters. The van der Waals surface area contributed by atoms with Crippen molar-refractivity contribution in [1.82, 2.24) is 9.80 Å². The number of hydrogen-bond acceptors (Lipinski definition) is 3. The Hall–Kier alpha value is -2.62. The zero-order valence-electron chi connectivity index (χ0n) is 20.9. The molecule has 0 aliphatic carbocycles. The van der Waals surface area contributed by atoms with E-state index in [9.17, 15) is 0 Å². The SMILES string of the molecule is CCCN(CCC)c1ccc2c(c1)CCN(C1CN(C(c3ccccc3)c3ccccc3)C1)C2. The molecule has 0 saturated carbocycles. The van der Waals surface area contributed by atoms with Crippen molar-refractivity contribution in [3.63, 3.8) is 0 Å². The molecule has 0 spiro atoms. The van der Waals surface area contributed by atoms with Crippen LogP contribution in [0.3, 0.4) is 0 Å². The minimum absolute atomic E-state index is 0.349. The van der Waals surface area contributed by atoms with Crippen LogP contribution < -0.4 is 4.90 Å². The molecule has 1 fully saturated rings. The fourth-order valence-electron chi connectivity index (χ4n) is 5.79. The minimum atomic E-state index is 0.349. The molecule has 3 heteroatoms. The number of fused-ring (bicyclic) bond motifs is 1. The largest absolute Gasteiger partial charge is 0.372 e. The van der Waals surface area contributed by atoms with Gasteiger partial charge in [0.2, 0.25) is 0 Å². The monoisotopic (exact) mass is 453 g/mol.